The van der Waals surface area contributed by atoms with Gasteiger partial charge in [0.15, 0.2) is 11.0 Å². The van der Waals surface area contributed by atoms with Crippen LogP contribution in [0.4, 0.5) is 0 Å². The summed E-state index contributed by atoms with van der Waals surface area (Å²) < 4.78 is 5.18. The molecule has 0 N–H and O–H groups in total. The molecular weight excluding hydrogens is 280 g/mol. The highest BCUT2D eigenvalue weighted by molar-refractivity contribution is 5.72. The summed E-state index contributed by atoms with van der Waals surface area (Å²) in [6.45, 7) is 4.60. The minimum atomic E-state index is 0. The second-order valence-corrected chi connectivity index (χ2v) is 8.62. The van der Waals surface area contributed by atoms with Crippen LogP contribution < -0.4 is 4.57 Å². The Kier molecular flexibility index (Phi) is 3.37. The van der Waals surface area contributed by atoms with E-state index in [1.807, 2.05) is 0 Å². The molecule has 0 atom stereocenters. The average molecular weight is 310 g/mol. The highest BCUT2D eigenvalue weighted by Gasteiger charge is 2.55. The third kappa shape index (κ3) is 2.10. The maximum absolute atomic E-state index is 2.70. The van der Waals surface area contributed by atoms with E-state index in [1.165, 1.54) is 49.6 Å². The number of aromatic nitrogens is 2. The molecular formula is C21H30N2. The fourth-order valence-corrected chi connectivity index (χ4v) is 6.28. The predicted octanol–water partition coefficient (Wildman–Crippen LogP) is 4.89. The molecule has 0 radical (unpaired) electrons. The van der Waals surface area contributed by atoms with Gasteiger partial charge in [0.25, 0.3) is 0 Å². The smallest absolute Gasteiger partial charge is 0.245 e. The van der Waals surface area contributed by atoms with Crippen LogP contribution in [0.2, 0.25) is 0 Å². The van der Waals surface area contributed by atoms with Gasteiger partial charge < -0.3 is 7.43 Å². The molecule has 4 aliphatic rings. The lowest BCUT2D eigenvalue weighted by molar-refractivity contribution is -0.692. The fraction of sp³-hybridized carbons (Fsp3) is 0.619. The molecule has 0 aliphatic heterocycles. The normalized spacial score (nSPS) is 35.0. The maximum atomic E-state index is 2.70. The van der Waals surface area contributed by atoms with Crippen molar-refractivity contribution in [1.82, 2.24) is 4.57 Å². The number of nitrogens with zero attached hydrogens (tertiary/aromatic N) is 2. The average Bonchev–Trinajstić information content (AvgIpc) is 2.86. The highest BCUT2D eigenvalue weighted by atomic mass is 15.2. The van der Waals surface area contributed by atoms with Crippen molar-refractivity contribution in [2.75, 3.05) is 0 Å². The second-order valence-electron chi connectivity index (χ2n) is 8.62. The summed E-state index contributed by atoms with van der Waals surface area (Å²) in [5.74, 6) is 3.00. The third-order valence-corrected chi connectivity index (χ3v) is 6.73. The Balaban J connectivity index is 0.00000135. The molecule has 4 bridgehead atoms. The minimum Gasteiger partial charge on any atom is -0.358 e. The first-order valence-electron chi connectivity index (χ1n) is 9.16. The summed E-state index contributed by atoms with van der Waals surface area (Å²) in [6.07, 6.45) is 11.3. The lowest BCUT2D eigenvalue weighted by atomic mass is 9.53. The van der Waals surface area contributed by atoms with Crippen molar-refractivity contribution in [3.05, 3.63) is 38.0 Å². The molecule has 2 aromatic rings. The molecule has 1 aromatic carbocycles. The first kappa shape index (κ1) is 15.2. The number of fused-ring (bicyclic) bond motifs is 1. The highest BCUT2D eigenvalue weighted by Crippen LogP contribution is 2.59. The van der Waals surface area contributed by atoms with Crippen molar-refractivity contribution in [3.63, 3.8) is 0 Å². The Morgan fingerprint density at radius 1 is 1.00 bits per heavy atom. The van der Waals surface area contributed by atoms with Crippen LogP contribution >= 0.6 is 0 Å². The van der Waals surface area contributed by atoms with Gasteiger partial charge in [-0.1, -0.05) is 12.1 Å². The monoisotopic (exact) mass is 310 g/mol. The molecule has 4 aliphatic carbocycles. The molecule has 1 heterocycles. The topological polar surface area (TPSA) is 8.81 Å². The summed E-state index contributed by atoms with van der Waals surface area (Å²) in [5.41, 5.74) is 3.29. The number of hydrogen-bond acceptors (Lipinski definition) is 0. The van der Waals surface area contributed by atoms with Crippen LogP contribution in [-0.4, -0.2) is 4.57 Å². The van der Waals surface area contributed by atoms with Crippen LogP contribution in [0.15, 0.2) is 30.6 Å². The predicted molar refractivity (Wildman–Crippen MR) is 95.1 cm³/mol. The van der Waals surface area contributed by atoms with Crippen LogP contribution in [0.5, 0.6) is 0 Å². The number of benzene rings is 1. The van der Waals surface area contributed by atoms with Gasteiger partial charge in [-0.15, -0.1) is 0 Å². The van der Waals surface area contributed by atoms with Gasteiger partial charge in [0.2, 0.25) is 6.33 Å². The zero-order chi connectivity index (χ0) is 14.9. The van der Waals surface area contributed by atoms with E-state index in [9.17, 15) is 0 Å². The van der Waals surface area contributed by atoms with E-state index >= 15 is 0 Å². The molecule has 0 unspecified atom stereocenters. The third-order valence-electron chi connectivity index (χ3n) is 6.73. The van der Waals surface area contributed by atoms with Gasteiger partial charge in [-0.05, 0) is 82.3 Å². The van der Waals surface area contributed by atoms with E-state index in [0.717, 1.165) is 17.8 Å². The van der Waals surface area contributed by atoms with E-state index in [4.69, 9.17) is 0 Å². The van der Waals surface area contributed by atoms with Crippen molar-refractivity contribution in [3.8, 4) is 0 Å². The van der Waals surface area contributed by atoms with Crippen LogP contribution in [0, 0.1) is 25.2 Å². The second kappa shape index (κ2) is 5.09. The molecule has 0 saturated heterocycles. The molecule has 4 saturated carbocycles. The van der Waals surface area contributed by atoms with Crippen molar-refractivity contribution < 1.29 is 4.57 Å². The number of imidazole rings is 1. The maximum Gasteiger partial charge on any atom is 0.245 e. The molecule has 0 amide bonds. The number of rotatable bonds is 2. The van der Waals surface area contributed by atoms with Gasteiger partial charge in [-0.2, -0.15) is 0 Å². The van der Waals surface area contributed by atoms with E-state index < -0.39 is 0 Å². The molecule has 6 rings (SSSR count). The molecule has 0 spiro atoms. The lowest BCUT2D eigenvalue weighted by Crippen LogP contribution is -2.52. The van der Waals surface area contributed by atoms with Gasteiger partial charge in [-0.25, -0.2) is 9.13 Å². The molecule has 23 heavy (non-hydrogen) atoms. The minimum absolute atomic E-state index is 0. The molecule has 124 valence electrons. The Morgan fingerprint density at radius 3 is 2.13 bits per heavy atom. The van der Waals surface area contributed by atoms with Crippen LogP contribution in [0.25, 0.3) is 11.0 Å². The van der Waals surface area contributed by atoms with E-state index in [2.05, 4.69) is 53.6 Å². The van der Waals surface area contributed by atoms with Gasteiger partial charge in [0.05, 0.1) is 6.04 Å². The van der Waals surface area contributed by atoms with Crippen molar-refractivity contribution >= 4 is 11.0 Å². The summed E-state index contributed by atoms with van der Waals surface area (Å²) in [5, 5.41) is 0. The van der Waals surface area contributed by atoms with Crippen LogP contribution in [0.1, 0.15) is 58.4 Å². The summed E-state index contributed by atoms with van der Waals surface area (Å²) in [4.78, 5) is 0. The van der Waals surface area contributed by atoms with Crippen molar-refractivity contribution in [1.29, 1.82) is 0 Å². The van der Waals surface area contributed by atoms with Gasteiger partial charge in [0, 0.05) is 0 Å². The summed E-state index contributed by atoms with van der Waals surface area (Å²) in [6, 6.07) is 9.56. The molecule has 2 nitrogen and oxygen atoms in total. The van der Waals surface area contributed by atoms with Gasteiger partial charge >= 0.3 is 0 Å². The quantitative estimate of drug-likeness (QED) is 0.552. The summed E-state index contributed by atoms with van der Waals surface area (Å²) in [7, 11) is 0. The number of hydrogen-bond donors (Lipinski definition) is 0. The van der Waals surface area contributed by atoms with Crippen molar-refractivity contribution in [2.24, 2.45) is 17.8 Å². The van der Waals surface area contributed by atoms with Crippen molar-refractivity contribution in [2.45, 2.75) is 64.0 Å². The van der Waals surface area contributed by atoms with E-state index in [1.54, 1.807) is 0 Å². The standard InChI is InChI=1S/C20H27N2.CH3/c1-14(2)21-13-22(19-6-4-3-5-18(19)21)20-10-15-7-16(11-20)9-17(8-15)12-20;/h3-6,13-17H,7-12H2,1-2H3;1H3/q+1;-1. The Hall–Kier alpha value is -1.31. The SMILES string of the molecule is CC(C)[n+]1cn(C23CC4CC(CC(C4)C2)C3)c2ccccc21.[CH3-]. The van der Waals surface area contributed by atoms with Gasteiger partial charge in [-0.3, -0.25) is 0 Å². The lowest BCUT2D eigenvalue weighted by Gasteiger charge is -2.54. The van der Waals surface area contributed by atoms with E-state index in [-0.39, 0.29) is 7.43 Å². The van der Waals surface area contributed by atoms with E-state index in [0.29, 0.717) is 11.6 Å². The summed E-state index contributed by atoms with van der Waals surface area (Å²) >= 11 is 0. The van der Waals surface area contributed by atoms with Crippen LogP contribution in [-0.2, 0) is 5.54 Å². The first-order chi connectivity index (χ1) is 10.6. The fourth-order valence-electron chi connectivity index (χ4n) is 6.28. The number of para-hydroxylation sites is 2. The Labute approximate surface area is 140 Å². The first-order valence-corrected chi connectivity index (χ1v) is 9.16. The zero-order valence-corrected chi connectivity index (χ0v) is 14.8. The zero-order valence-electron chi connectivity index (χ0n) is 14.8. The molecule has 1 aromatic heterocycles. The van der Waals surface area contributed by atoms with Crippen LogP contribution in [0.3, 0.4) is 0 Å². The Bertz CT molecular complexity index is 689. The Morgan fingerprint density at radius 2 is 1.57 bits per heavy atom. The largest absolute Gasteiger partial charge is 0.358 e. The molecule has 2 heteroatoms. The van der Waals surface area contributed by atoms with Gasteiger partial charge in [0.1, 0.15) is 5.54 Å². The molecule has 4 fully saturated rings.